The van der Waals surface area contributed by atoms with Gasteiger partial charge < -0.3 is 14.8 Å². The first-order valence-corrected chi connectivity index (χ1v) is 11.1. The number of unbranched alkanes of at least 4 members (excludes halogenated alkanes) is 5. The molecule has 0 aliphatic rings. The highest BCUT2D eigenvalue weighted by atomic mass is 16.5. The van der Waals surface area contributed by atoms with Gasteiger partial charge in [0.25, 0.3) is 0 Å². The molecule has 31 heavy (non-hydrogen) atoms. The zero-order valence-corrected chi connectivity index (χ0v) is 18.2. The maximum atomic E-state index is 12.3. The molecule has 0 radical (unpaired) electrons. The fraction of sp³-hybridized carbons (Fsp3) is 0.385. The second-order valence-corrected chi connectivity index (χ2v) is 8.07. The van der Waals surface area contributed by atoms with Crippen molar-refractivity contribution in [2.45, 2.75) is 58.3 Å². The molecule has 3 rings (SSSR count). The number of carboxylic acid groups (broad SMARTS) is 1. The van der Waals surface area contributed by atoms with E-state index in [1.54, 1.807) is 18.2 Å². The van der Waals surface area contributed by atoms with Crippen LogP contribution in [0.1, 0.15) is 67.1 Å². The molecule has 0 spiro atoms. The SMILES string of the molecule is CCCCCCCCc1ccc(OCC(=O)Cc2cc3cc(C(=O)O)ccc3[nH]2)cc1. The zero-order valence-electron chi connectivity index (χ0n) is 18.2. The number of aryl methyl sites for hydroxylation is 1. The average molecular weight is 422 g/mol. The standard InChI is InChI=1S/C26H31NO4/c1-2-3-4-5-6-7-8-19-9-12-24(13-10-19)31-18-23(28)17-22-16-21-15-20(26(29)30)11-14-25(21)27-22/h9-16,27H,2-8,17-18H2,1H3,(H,29,30). The van der Waals surface area contributed by atoms with Crippen molar-refractivity contribution in [2.24, 2.45) is 0 Å². The molecule has 3 aromatic rings. The van der Waals surface area contributed by atoms with Crippen LogP contribution in [0.25, 0.3) is 10.9 Å². The highest BCUT2D eigenvalue weighted by molar-refractivity contribution is 5.94. The Morgan fingerprint density at radius 2 is 1.68 bits per heavy atom. The van der Waals surface area contributed by atoms with Crippen molar-refractivity contribution < 1.29 is 19.4 Å². The lowest BCUT2D eigenvalue weighted by molar-refractivity contribution is -0.120. The zero-order chi connectivity index (χ0) is 22.1. The first-order valence-electron chi connectivity index (χ1n) is 11.1. The number of aromatic amines is 1. The predicted molar refractivity (Wildman–Crippen MR) is 123 cm³/mol. The Morgan fingerprint density at radius 1 is 0.935 bits per heavy atom. The third-order valence-electron chi connectivity index (χ3n) is 5.45. The maximum Gasteiger partial charge on any atom is 0.335 e. The number of hydrogen-bond acceptors (Lipinski definition) is 3. The first-order chi connectivity index (χ1) is 15.0. The number of ketones is 1. The Kier molecular flexibility index (Phi) is 8.27. The molecule has 1 heterocycles. The van der Waals surface area contributed by atoms with Gasteiger partial charge in [0.1, 0.15) is 12.4 Å². The summed E-state index contributed by atoms with van der Waals surface area (Å²) in [7, 11) is 0. The second-order valence-electron chi connectivity index (χ2n) is 8.07. The van der Waals surface area contributed by atoms with Crippen molar-refractivity contribution >= 4 is 22.7 Å². The summed E-state index contributed by atoms with van der Waals surface area (Å²) in [5.74, 6) is -0.309. The molecule has 5 nitrogen and oxygen atoms in total. The lowest BCUT2D eigenvalue weighted by atomic mass is 10.0. The van der Waals surface area contributed by atoms with Gasteiger partial charge in [-0.1, -0.05) is 51.2 Å². The Hall–Kier alpha value is -3.08. The van der Waals surface area contributed by atoms with Crippen molar-refractivity contribution in [3.8, 4) is 5.75 Å². The molecule has 0 aliphatic heterocycles. The number of carbonyl (C=O) groups excluding carboxylic acids is 1. The number of fused-ring (bicyclic) bond motifs is 1. The minimum atomic E-state index is -0.966. The van der Waals surface area contributed by atoms with Crippen LogP contribution >= 0.6 is 0 Å². The van der Waals surface area contributed by atoms with Gasteiger partial charge in [-0.25, -0.2) is 4.79 Å². The molecule has 0 atom stereocenters. The number of nitrogens with one attached hydrogen (secondary N) is 1. The number of Topliss-reactive ketones (excluding diaryl/α,β-unsaturated/α-hetero) is 1. The van der Waals surface area contributed by atoms with Crippen LogP contribution in [0.15, 0.2) is 48.5 Å². The van der Waals surface area contributed by atoms with E-state index in [0.29, 0.717) is 5.75 Å². The Morgan fingerprint density at radius 3 is 2.42 bits per heavy atom. The lowest BCUT2D eigenvalue weighted by Gasteiger charge is -2.07. The van der Waals surface area contributed by atoms with E-state index in [2.05, 4.69) is 24.0 Å². The summed E-state index contributed by atoms with van der Waals surface area (Å²) in [6.45, 7) is 2.24. The molecule has 5 heteroatoms. The maximum absolute atomic E-state index is 12.3. The van der Waals surface area contributed by atoms with E-state index >= 15 is 0 Å². The monoisotopic (exact) mass is 421 g/mol. The van der Waals surface area contributed by atoms with Crippen LogP contribution < -0.4 is 4.74 Å². The number of H-pyrrole nitrogens is 1. The number of aromatic carboxylic acids is 1. The van der Waals surface area contributed by atoms with Crippen LogP contribution in [0.5, 0.6) is 5.75 Å². The molecule has 2 aromatic carbocycles. The second kappa shape index (κ2) is 11.3. The largest absolute Gasteiger partial charge is 0.486 e. The molecule has 1 aromatic heterocycles. The van der Waals surface area contributed by atoms with Crippen LogP contribution in [-0.2, 0) is 17.6 Å². The number of benzene rings is 2. The summed E-state index contributed by atoms with van der Waals surface area (Å²) >= 11 is 0. The quantitative estimate of drug-likeness (QED) is 0.334. The molecule has 0 bridgehead atoms. The summed E-state index contributed by atoms with van der Waals surface area (Å²) < 4.78 is 5.65. The number of carboxylic acids is 1. The van der Waals surface area contributed by atoms with Crippen LogP contribution in [0.2, 0.25) is 0 Å². The lowest BCUT2D eigenvalue weighted by Crippen LogP contribution is -2.14. The van der Waals surface area contributed by atoms with Crippen LogP contribution in [-0.4, -0.2) is 28.4 Å². The molecule has 0 fully saturated rings. The fourth-order valence-corrected chi connectivity index (χ4v) is 3.71. The van der Waals surface area contributed by atoms with Gasteiger partial charge >= 0.3 is 5.97 Å². The van der Waals surface area contributed by atoms with Crippen LogP contribution in [0.3, 0.4) is 0 Å². The summed E-state index contributed by atoms with van der Waals surface area (Å²) in [5, 5.41) is 9.88. The van der Waals surface area contributed by atoms with Gasteiger partial charge in [0, 0.05) is 16.6 Å². The summed E-state index contributed by atoms with van der Waals surface area (Å²) in [6.07, 6.45) is 9.03. The number of rotatable bonds is 13. The van der Waals surface area contributed by atoms with Gasteiger partial charge in [0.15, 0.2) is 5.78 Å². The van der Waals surface area contributed by atoms with Gasteiger partial charge in [0.2, 0.25) is 0 Å². The third-order valence-corrected chi connectivity index (χ3v) is 5.45. The Bertz CT molecular complexity index is 1000. The first kappa shape index (κ1) is 22.6. The van der Waals surface area contributed by atoms with Crippen molar-refractivity contribution in [2.75, 3.05) is 6.61 Å². The van der Waals surface area contributed by atoms with Gasteiger partial charge in [0.05, 0.1) is 12.0 Å². The van der Waals surface area contributed by atoms with Crippen molar-refractivity contribution in [1.29, 1.82) is 0 Å². The van der Waals surface area contributed by atoms with E-state index in [1.807, 2.05) is 18.2 Å². The van der Waals surface area contributed by atoms with E-state index < -0.39 is 5.97 Å². The van der Waals surface area contributed by atoms with Crippen molar-refractivity contribution in [3.05, 3.63) is 65.4 Å². The Labute approximate surface area is 183 Å². The van der Waals surface area contributed by atoms with E-state index in [9.17, 15) is 9.59 Å². The fourth-order valence-electron chi connectivity index (χ4n) is 3.71. The van der Waals surface area contributed by atoms with E-state index in [4.69, 9.17) is 9.84 Å². The predicted octanol–water partition coefficient (Wildman–Crippen LogP) is 5.96. The Balaban J connectivity index is 1.43. The molecule has 0 saturated carbocycles. The summed E-state index contributed by atoms with van der Waals surface area (Å²) in [4.78, 5) is 26.6. The number of ether oxygens (including phenoxy) is 1. The number of carbonyl (C=O) groups is 2. The summed E-state index contributed by atoms with van der Waals surface area (Å²) in [6, 6.07) is 14.7. The smallest absolute Gasteiger partial charge is 0.335 e. The van der Waals surface area contributed by atoms with Gasteiger partial charge in [-0.15, -0.1) is 0 Å². The molecule has 164 valence electrons. The summed E-state index contributed by atoms with van der Waals surface area (Å²) in [5.41, 5.74) is 3.09. The highest BCUT2D eigenvalue weighted by Gasteiger charge is 2.10. The molecule has 0 saturated heterocycles. The van der Waals surface area contributed by atoms with E-state index in [-0.39, 0.29) is 24.4 Å². The highest BCUT2D eigenvalue weighted by Crippen LogP contribution is 2.19. The molecular formula is C26H31NO4. The topological polar surface area (TPSA) is 79.4 Å². The molecule has 0 aliphatic carbocycles. The van der Waals surface area contributed by atoms with Gasteiger partial charge in [-0.3, -0.25) is 4.79 Å². The minimum absolute atomic E-state index is 0.00646. The number of aromatic nitrogens is 1. The number of hydrogen-bond donors (Lipinski definition) is 2. The van der Waals surface area contributed by atoms with Crippen LogP contribution in [0.4, 0.5) is 0 Å². The van der Waals surface area contributed by atoms with Crippen LogP contribution in [0, 0.1) is 0 Å². The third kappa shape index (κ3) is 6.99. The minimum Gasteiger partial charge on any atom is -0.486 e. The molecule has 0 unspecified atom stereocenters. The molecular weight excluding hydrogens is 390 g/mol. The van der Waals surface area contributed by atoms with E-state index in [1.165, 1.54) is 44.1 Å². The van der Waals surface area contributed by atoms with Gasteiger partial charge in [-0.2, -0.15) is 0 Å². The van der Waals surface area contributed by atoms with Crippen molar-refractivity contribution in [3.63, 3.8) is 0 Å². The molecule has 0 amide bonds. The van der Waals surface area contributed by atoms with Gasteiger partial charge in [-0.05, 0) is 54.8 Å². The normalized spacial score (nSPS) is 11.0. The van der Waals surface area contributed by atoms with Crippen molar-refractivity contribution in [1.82, 2.24) is 4.98 Å². The molecule has 2 N–H and O–H groups in total. The van der Waals surface area contributed by atoms with E-state index in [0.717, 1.165) is 23.0 Å². The average Bonchev–Trinajstić information content (AvgIpc) is 3.16.